The quantitative estimate of drug-likeness (QED) is 0.604. The van der Waals surface area contributed by atoms with Crippen LogP contribution in [0.2, 0.25) is 5.02 Å². The average molecular weight is 387 g/mol. The summed E-state index contributed by atoms with van der Waals surface area (Å²) in [5, 5.41) is 24.7. The Hall–Kier alpha value is -1.70. The minimum absolute atomic E-state index is 0.115. The number of nitro groups is 1. The van der Waals surface area contributed by atoms with Crippen LogP contribution in [0.1, 0.15) is 12.5 Å². The molecule has 2 rings (SSSR count). The van der Waals surface area contributed by atoms with E-state index < -0.39 is 10.5 Å². The van der Waals surface area contributed by atoms with Crippen molar-refractivity contribution >= 4 is 39.0 Å². The predicted octanol–water partition coefficient (Wildman–Crippen LogP) is 3.73. The second kappa shape index (κ2) is 6.60. The second-order valence-electron chi connectivity index (χ2n) is 4.89. The number of aromatic nitrogens is 1. The summed E-state index contributed by atoms with van der Waals surface area (Å²) in [6, 6.07) is 8.35. The highest BCUT2D eigenvalue weighted by Crippen LogP contribution is 2.29. The maximum absolute atomic E-state index is 10.7. The van der Waals surface area contributed by atoms with Crippen LogP contribution in [-0.4, -0.2) is 21.6 Å². The molecule has 0 saturated carbocycles. The third-order valence-electron chi connectivity index (χ3n) is 3.09. The molecule has 0 saturated heterocycles. The van der Waals surface area contributed by atoms with E-state index in [9.17, 15) is 15.2 Å². The van der Waals surface area contributed by atoms with E-state index in [2.05, 4.69) is 26.2 Å². The number of hydrogen-bond donors (Lipinski definition) is 2. The molecule has 2 aromatic rings. The Morgan fingerprint density at radius 3 is 2.77 bits per heavy atom. The first-order valence-corrected chi connectivity index (χ1v) is 7.49. The Balaban J connectivity index is 2.16. The minimum atomic E-state index is -1.22. The first-order chi connectivity index (χ1) is 10.3. The van der Waals surface area contributed by atoms with Gasteiger partial charge in [0.25, 0.3) is 5.69 Å². The van der Waals surface area contributed by atoms with Gasteiger partial charge in [0, 0.05) is 23.2 Å². The van der Waals surface area contributed by atoms with Crippen molar-refractivity contribution in [2.45, 2.75) is 12.5 Å². The van der Waals surface area contributed by atoms with Crippen LogP contribution < -0.4 is 5.32 Å². The highest BCUT2D eigenvalue weighted by Gasteiger charge is 2.26. The molecule has 0 fully saturated rings. The molecule has 0 radical (unpaired) electrons. The first kappa shape index (κ1) is 16.7. The van der Waals surface area contributed by atoms with Gasteiger partial charge in [0.1, 0.15) is 17.6 Å². The molecule has 0 spiro atoms. The van der Waals surface area contributed by atoms with Crippen molar-refractivity contribution in [1.29, 1.82) is 0 Å². The summed E-state index contributed by atoms with van der Waals surface area (Å²) in [5.74, 6) is 0.401. The highest BCUT2D eigenvalue weighted by molar-refractivity contribution is 9.10. The van der Waals surface area contributed by atoms with Crippen molar-refractivity contribution in [1.82, 2.24) is 4.98 Å². The fraction of sp³-hybridized carbons (Fsp3) is 0.214. The number of hydrogen-bond acceptors (Lipinski definition) is 5. The fourth-order valence-electron chi connectivity index (χ4n) is 1.91. The van der Waals surface area contributed by atoms with Gasteiger partial charge in [0.05, 0.1) is 9.40 Å². The third-order valence-corrected chi connectivity index (χ3v) is 4.03. The normalized spacial score (nSPS) is 13.5. The largest absolute Gasteiger partial charge is 0.384 e. The molecule has 1 aromatic carbocycles. The zero-order valence-corrected chi connectivity index (χ0v) is 13.9. The molecule has 0 aliphatic rings. The zero-order valence-electron chi connectivity index (χ0n) is 11.6. The number of anilines is 1. The van der Waals surface area contributed by atoms with Crippen molar-refractivity contribution in [3.8, 4) is 0 Å². The summed E-state index contributed by atoms with van der Waals surface area (Å²) in [7, 11) is 0. The van der Waals surface area contributed by atoms with Gasteiger partial charge in [-0.05, 0) is 28.9 Å². The molecule has 6 nitrogen and oxygen atoms in total. The third kappa shape index (κ3) is 3.73. The lowest BCUT2D eigenvalue weighted by Gasteiger charge is -2.25. The average Bonchev–Trinajstić information content (AvgIpc) is 2.46. The van der Waals surface area contributed by atoms with E-state index in [1.54, 1.807) is 31.2 Å². The molecule has 1 heterocycles. The van der Waals surface area contributed by atoms with Gasteiger partial charge in [-0.25, -0.2) is 4.98 Å². The number of rotatable bonds is 5. The molecular weight excluding hydrogens is 374 g/mol. The summed E-state index contributed by atoms with van der Waals surface area (Å²) < 4.78 is 0.441. The summed E-state index contributed by atoms with van der Waals surface area (Å²) in [4.78, 5) is 14.1. The molecular formula is C14H13BrClN3O3. The number of aliphatic hydroxyl groups is 1. The molecule has 0 aliphatic carbocycles. The van der Waals surface area contributed by atoms with Crippen molar-refractivity contribution < 1.29 is 10.0 Å². The van der Waals surface area contributed by atoms with Crippen molar-refractivity contribution in [2.24, 2.45) is 0 Å². The Bertz CT molecular complexity index is 709. The number of benzene rings is 1. The van der Waals surface area contributed by atoms with Gasteiger partial charge in [-0.2, -0.15) is 0 Å². The van der Waals surface area contributed by atoms with Crippen LogP contribution in [0.25, 0.3) is 0 Å². The topological polar surface area (TPSA) is 88.3 Å². The van der Waals surface area contributed by atoms with Crippen molar-refractivity contribution in [2.75, 3.05) is 11.9 Å². The monoisotopic (exact) mass is 385 g/mol. The molecule has 1 aromatic heterocycles. The lowest BCUT2D eigenvalue weighted by atomic mass is 9.96. The summed E-state index contributed by atoms with van der Waals surface area (Å²) in [6.07, 6.45) is 1.15. The number of nitrogens with one attached hydrogen (secondary N) is 1. The standard InChI is InChI=1S/C14H13BrClN3O3/c1-14(20,10-4-2-3-5-12(10)16)8-18-13-11(15)6-9(7-17-13)19(21)22/h2-7,20H,8H2,1H3,(H,17,18). The van der Waals surface area contributed by atoms with E-state index in [4.69, 9.17) is 11.6 Å². The van der Waals surface area contributed by atoms with Crippen molar-refractivity contribution in [3.63, 3.8) is 0 Å². The summed E-state index contributed by atoms with van der Waals surface area (Å²) >= 11 is 9.31. The van der Waals surface area contributed by atoms with Gasteiger partial charge in [-0.1, -0.05) is 29.8 Å². The highest BCUT2D eigenvalue weighted by atomic mass is 79.9. The van der Waals surface area contributed by atoms with E-state index in [1.807, 2.05) is 0 Å². The minimum Gasteiger partial charge on any atom is -0.384 e. The number of pyridine rings is 1. The lowest BCUT2D eigenvalue weighted by molar-refractivity contribution is -0.385. The van der Waals surface area contributed by atoms with Crippen molar-refractivity contribution in [3.05, 3.63) is 61.7 Å². The Morgan fingerprint density at radius 2 is 2.18 bits per heavy atom. The van der Waals surface area contributed by atoms with Gasteiger partial charge < -0.3 is 10.4 Å². The van der Waals surface area contributed by atoms with Gasteiger partial charge in [0.2, 0.25) is 0 Å². The molecule has 0 aliphatic heterocycles. The zero-order chi connectivity index (χ0) is 16.3. The molecule has 116 valence electrons. The maximum Gasteiger partial charge on any atom is 0.288 e. The summed E-state index contributed by atoms with van der Waals surface area (Å²) in [6.45, 7) is 1.76. The molecule has 0 bridgehead atoms. The predicted molar refractivity (Wildman–Crippen MR) is 88.1 cm³/mol. The lowest BCUT2D eigenvalue weighted by Crippen LogP contribution is -2.31. The van der Waals surface area contributed by atoms with Crippen LogP contribution >= 0.6 is 27.5 Å². The Kier molecular flexibility index (Phi) is 5.00. The van der Waals surface area contributed by atoms with Gasteiger partial charge in [-0.15, -0.1) is 0 Å². The summed E-state index contributed by atoms with van der Waals surface area (Å²) in [5.41, 5.74) is -0.751. The second-order valence-corrected chi connectivity index (χ2v) is 6.15. The molecule has 1 atom stereocenters. The van der Waals surface area contributed by atoms with Crippen LogP contribution in [0.3, 0.4) is 0 Å². The Labute approximate surface area is 140 Å². The van der Waals surface area contributed by atoms with Gasteiger partial charge in [-0.3, -0.25) is 10.1 Å². The maximum atomic E-state index is 10.7. The fourth-order valence-corrected chi connectivity index (χ4v) is 2.72. The smallest absolute Gasteiger partial charge is 0.288 e. The van der Waals surface area contributed by atoms with Crippen LogP contribution in [0, 0.1) is 10.1 Å². The molecule has 8 heteroatoms. The van der Waals surface area contributed by atoms with E-state index >= 15 is 0 Å². The van der Waals surface area contributed by atoms with Crippen LogP contribution in [-0.2, 0) is 5.60 Å². The molecule has 22 heavy (non-hydrogen) atoms. The Morgan fingerprint density at radius 1 is 1.50 bits per heavy atom. The van der Waals surface area contributed by atoms with Gasteiger partial charge >= 0.3 is 0 Å². The SMILES string of the molecule is CC(O)(CNc1ncc([N+](=O)[O-])cc1Br)c1ccccc1Cl. The van der Waals surface area contributed by atoms with E-state index in [0.29, 0.717) is 20.9 Å². The van der Waals surface area contributed by atoms with Crippen LogP contribution in [0.5, 0.6) is 0 Å². The molecule has 0 amide bonds. The van der Waals surface area contributed by atoms with E-state index in [0.717, 1.165) is 6.20 Å². The van der Waals surface area contributed by atoms with Crippen LogP contribution in [0.15, 0.2) is 41.0 Å². The van der Waals surface area contributed by atoms with E-state index in [1.165, 1.54) is 6.07 Å². The number of nitrogens with zero attached hydrogens (tertiary/aromatic N) is 2. The first-order valence-electron chi connectivity index (χ1n) is 6.32. The molecule has 2 N–H and O–H groups in total. The number of halogens is 2. The molecule has 1 unspecified atom stereocenters. The van der Waals surface area contributed by atoms with Gasteiger partial charge in [0.15, 0.2) is 0 Å². The van der Waals surface area contributed by atoms with E-state index in [-0.39, 0.29) is 12.2 Å². The van der Waals surface area contributed by atoms with Crippen LogP contribution in [0.4, 0.5) is 11.5 Å².